The minimum atomic E-state index is -0.690. The Morgan fingerprint density at radius 3 is 2.39 bits per heavy atom. The Bertz CT molecular complexity index is 1140. The fraction of sp³-hybridized carbons (Fsp3) is 0.310. The number of hydrogen-bond donors (Lipinski definition) is 1. The van der Waals surface area contributed by atoms with Crippen molar-refractivity contribution in [3.8, 4) is 5.75 Å². The van der Waals surface area contributed by atoms with Crippen LogP contribution in [0.5, 0.6) is 5.75 Å². The number of benzene rings is 3. The molecule has 36 heavy (non-hydrogen) atoms. The van der Waals surface area contributed by atoms with Crippen LogP contribution in [0, 0.1) is 6.92 Å². The van der Waals surface area contributed by atoms with Crippen molar-refractivity contribution in [1.29, 1.82) is 0 Å². The van der Waals surface area contributed by atoms with Gasteiger partial charge in [0.1, 0.15) is 11.8 Å². The maximum absolute atomic E-state index is 13.5. The summed E-state index contributed by atoms with van der Waals surface area (Å²) in [5.41, 5.74) is 2.85. The van der Waals surface area contributed by atoms with Crippen molar-refractivity contribution in [2.24, 2.45) is 0 Å². The topological polar surface area (TPSA) is 58.6 Å². The zero-order valence-corrected chi connectivity index (χ0v) is 22.2. The molecular formula is C29H32Cl2N2O3. The van der Waals surface area contributed by atoms with Crippen LogP contribution in [0.25, 0.3) is 0 Å². The number of ether oxygens (including phenoxy) is 1. The maximum Gasteiger partial charge on any atom is 0.243 e. The van der Waals surface area contributed by atoms with Gasteiger partial charge in [0.15, 0.2) is 0 Å². The summed E-state index contributed by atoms with van der Waals surface area (Å²) in [5, 5.41) is 3.86. The molecule has 3 aromatic carbocycles. The van der Waals surface area contributed by atoms with Crippen LogP contribution in [-0.4, -0.2) is 35.9 Å². The molecule has 0 aromatic heterocycles. The van der Waals surface area contributed by atoms with Crippen LogP contribution < -0.4 is 10.1 Å². The van der Waals surface area contributed by atoms with E-state index in [2.05, 4.69) is 5.32 Å². The second-order valence-corrected chi connectivity index (χ2v) is 9.47. The quantitative estimate of drug-likeness (QED) is 0.284. The number of nitrogens with zero attached hydrogens (tertiary/aromatic N) is 1. The van der Waals surface area contributed by atoms with Crippen molar-refractivity contribution in [3.05, 3.63) is 99.5 Å². The Hall–Kier alpha value is -3.02. The van der Waals surface area contributed by atoms with Gasteiger partial charge in [-0.05, 0) is 55.7 Å². The van der Waals surface area contributed by atoms with E-state index >= 15 is 0 Å². The number of rotatable bonds is 12. The van der Waals surface area contributed by atoms with Gasteiger partial charge >= 0.3 is 0 Å². The van der Waals surface area contributed by atoms with Gasteiger partial charge in [0.05, 0.1) is 6.61 Å². The second-order valence-electron chi connectivity index (χ2n) is 8.62. The summed E-state index contributed by atoms with van der Waals surface area (Å²) in [7, 11) is 0. The Labute approximate surface area is 223 Å². The highest BCUT2D eigenvalue weighted by atomic mass is 35.5. The van der Waals surface area contributed by atoms with Gasteiger partial charge < -0.3 is 15.0 Å². The van der Waals surface area contributed by atoms with Gasteiger partial charge in [0, 0.05) is 36.0 Å². The Morgan fingerprint density at radius 2 is 1.72 bits per heavy atom. The van der Waals surface area contributed by atoms with Gasteiger partial charge in [0.25, 0.3) is 0 Å². The summed E-state index contributed by atoms with van der Waals surface area (Å²) in [5.74, 6) is 0.429. The van der Waals surface area contributed by atoms with Crippen LogP contribution in [0.1, 0.15) is 36.5 Å². The molecule has 190 valence electrons. The lowest BCUT2D eigenvalue weighted by atomic mass is 10.0. The third kappa shape index (κ3) is 8.28. The number of amides is 2. The molecule has 0 aliphatic heterocycles. The fourth-order valence-corrected chi connectivity index (χ4v) is 4.34. The minimum Gasteiger partial charge on any atom is -0.494 e. The van der Waals surface area contributed by atoms with E-state index in [0.29, 0.717) is 36.0 Å². The SMILES string of the molecule is CCNC(=O)C(Cc1ccccc1)N(Cc1ccc(Cl)cc1Cl)C(=O)CCCOc1ccc(C)cc1. The zero-order valence-electron chi connectivity index (χ0n) is 20.7. The third-order valence-electron chi connectivity index (χ3n) is 5.80. The lowest BCUT2D eigenvalue weighted by molar-refractivity contribution is -0.141. The molecular weight excluding hydrogens is 495 g/mol. The standard InChI is InChI=1S/C29H32Cl2N2O3/c1-3-32-29(35)27(18-22-8-5-4-6-9-22)33(20-23-13-14-24(30)19-26(23)31)28(34)10-7-17-36-25-15-11-21(2)12-16-25/h4-6,8-9,11-16,19,27H,3,7,10,17-18,20H2,1-2H3,(H,32,35). The summed E-state index contributed by atoms with van der Waals surface area (Å²) >= 11 is 12.5. The van der Waals surface area contributed by atoms with E-state index in [4.69, 9.17) is 27.9 Å². The van der Waals surface area contributed by atoms with Crippen LogP contribution in [0.3, 0.4) is 0 Å². The first-order valence-electron chi connectivity index (χ1n) is 12.1. The molecule has 7 heteroatoms. The van der Waals surface area contributed by atoms with Crippen molar-refractivity contribution in [2.75, 3.05) is 13.2 Å². The van der Waals surface area contributed by atoms with Crippen LogP contribution >= 0.6 is 23.2 Å². The maximum atomic E-state index is 13.5. The molecule has 0 radical (unpaired) electrons. The van der Waals surface area contributed by atoms with E-state index in [1.165, 1.54) is 0 Å². The summed E-state index contributed by atoms with van der Waals surface area (Å²) in [6.07, 6.45) is 1.15. The number of carbonyl (C=O) groups excluding carboxylic acids is 2. The first-order valence-corrected chi connectivity index (χ1v) is 12.9. The lowest BCUT2D eigenvalue weighted by Crippen LogP contribution is -2.50. The summed E-state index contributed by atoms with van der Waals surface area (Å²) in [6.45, 7) is 4.95. The van der Waals surface area contributed by atoms with Crippen molar-refractivity contribution in [2.45, 2.75) is 45.7 Å². The average molecular weight is 527 g/mol. The molecule has 1 N–H and O–H groups in total. The highest BCUT2D eigenvalue weighted by Crippen LogP contribution is 2.24. The van der Waals surface area contributed by atoms with Gasteiger partial charge in [-0.15, -0.1) is 0 Å². The van der Waals surface area contributed by atoms with E-state index < -0.39 is 6.04 Å². The molecule has 0 saturated heterocycles. The number of carbonyl (C=O) groups is 2. The lowest BCUT2D eigenvalue weighted by Gasteiger charge is -2.32. The summed E-state index contributed by atoms with van der Waals surface area (Å²) < 4.78 is 5.80. The highest BCUT2D eigenvalue weighted by Gasteiger charge is 2.30. The Morgan fingerprint density at radius 1 is 1.00 bits per heavy atom. The molecule has 1 unspecified atom stereocenters. The molecule has 0 spiro atoms. The number of aryl methyl sites for hydroxylation is 1. The van der Waals surface area contributed by atoms with Crippen LogP contribution in [0.15, 0.2) is 72.8 Å². The smallest absolute Gasteiger partial charge is 0.243 e. The van der Waals surface area contributed by atoms with Crippen molar-refractivity contribution in [3.63, 3.8) is 0 Å². The first-order chi connectivity index (χ1) is 17.4. The van der Waals surface area contributed by atoms with Crippen molar-refractivity contribution >= 4 is 35.0 Å². The molecule has 1 atom stereocenters. The molecule has 0 bridgehead atoms. The fourth-order valence-electron chi connectivity index (χ4n) is 3.87. The number of nitrogens with one attached hydrogen (secondary N) is 1. The molecule has 0 heterocycles. The molecule has 5 nitrogen and oxygen atoms in total. The Balaban J connectivity index is 1.79. The minimum absolute atomic E-state index is 0.138. The van der Waals surface area contributed by atoms with E-state index in [1.807, 2.05) is 68.4 Å². The highest BCUT2D eigenvalue weighted by molar-refractivity contribution is 6.35. The predicted octanol–water partition coefficient (Wildman–Crippen LogP) is 6.24. The van der Waals surface area contributed by atoms with Gasteiger partial charge in [-0.2, -0.15) is 0 Å². The van der Waals surface area contributed by atoms with E-state index in [0.717, 1.165) is 22.4 Å². The van der Waals surface area contributed by atoms with E-state index in [1.54, 1.807) is 23.1 Å². The van der Waals surface area contributed by atoms with E-state index in [-0.39, 0.29) is 24.8 Å². The molecule has 0 fully saturated rings. The summed E-state index contributed by atoms with van der Waals surface area (Å²) in [6, 6.07) is 22.0. The number of hydrogen-bond acceptors (Lipinski definition) is 3. The molecule has 0 aliphatic rings. The van der Waals surface area contributed by atoms with E-state index in [9.17, 15) is 9.59 Å². The molecule has 3 rings (SSSR count). The third-order valence-corrected chi connectivity index (χ3v) is 6.39. The largest absolute Gasteiger partial charge is 0.494 e. The molecule has 2 amide bonds. The first kappa shape index (κ1) is 27.6. The Kier molecular flexibility index (Phi) is 10.6. The molecule has 3 aromatic rings. The second kappa shape index (κ2) is 13.9. The number of likely N-dealkylation sites (N-methyl/N-ethyl adjacent to an activating group) is 1. The van der Waals surface area contributed by atoms with Gasteiger partial charge in [-0.25, -0.2) is 0 Å². The molecule has 0 aliphatic carbocycles. The van der Waals surface area contributed by atoms with Gasteiger partial charge in [-0.3, -0.25) is 9.59 Å². The normalized spacial score (nSPS) is 11.6. The van der Waals surface area contributed by atoms with Gasteiger partial charge in [0.2, 0.25) is 11.8 Å². The van der Waals surface area contributed by atoms with Crippen LogP contribution in [-0.2, 0) is 22.6 Å². The zero-order chi connectivity index (χ0) is 25.9. The van der Waals surface area contributed by atoms with Crippen LogP contribution in [0.2, 0.25) is 10.0 Å². The number of halogens is 2. The van der Waals surface area contributed by atoms with Gasteiger partial charge in [-0.1, -0.05) is 77.3 Å². The predicted molar refractivity (Wildman–Crippen MR) is 146 cm³/mol. The monoisotopic (exact) mass is 526 g/mol. The van der Waals surface area contributed by atoms with Crippen molar-refractivity contribution in [1.82, 2.24) is 10.2 Å². The average Bonchev–Trinajstić information content (AvgIpc) is 2.87. The summed E-state index contributed by atoms with van der Waals surface area (Å²) in [4.78, 5) is 28.3. The molecule has 0 saturated carbocycles. The van der Waals surface area contributed by atoms with Crippen LogP contribution in [0.4, 0.5) is 0 Å². The van der Waals surface area contributed by atoms with Crippen molar-refractivity contribution < 1.29 is 14.3 Å².